The van der Waals surface area contributed by atoms with Crippen LogP contribution in [0.1, 0.15) is 38.3 Å². The summed E-state index contributed by atoms with van der Waals surface area (Å²) in [4.78, 5) is 33.4. The Labute approximate surface area is 193 Å². The number of amides is 1. The summed E-state index contributed by atoms with van der Waals surface area (Å²) < 4.78 is 18.4. The maximum absolute atomic E-state index is 13.8. The molecule has 174 valence electrons. The number of anilines is 1. The molecule has 3 aromatic rings. The number of carbonyl (C=O) groups excluding carboxylic acids is 2. The molecule has 2 aromatic carbocycles. The maximum atomic E-state index is 13.8. The molecule has 1 aliphatic rings. The van der Waals surface area contributed by atoms with E-state index in [9.17, 15) is 9.59 Å². The number of unbranched alkanes of at least 4 members (excludes halogenated alkanes) is 1. The minimum Gasteiger partial charge on any atom is -0.497 e. The number of benzene rings is 2. The van der Waals surface area contributed by atoms with E-state index in [-0.39, 0.29) is 12.5 Å². The van der Waals surface area contributed by atoms with E-state index < -0.39 is 17.9 Å². The standard InChI is InChI=1S/C25H29N3O5/c1-5-7-14-27-23(29)21(24(30)33-6-2)22(17-13-12-16(31-3)15-20(17)32-4)28-19-11-9-8-10-18(19)26-25(27)28/h8-13,15,21-22H,5-7,14H2,1-4H3/t21-,22-/m0/s1. The first-order chi connectivity index (χ1) is 16.0. The van der Waals surface area contributed by atoms with Gasteiger partial charge in [-0.15, -0.1) is 0 Å². The minimum atomic E-state index is -1.07. The molecule has 0 bridgehead atoms. The third-order valence-corrected chi connectivity index (χ3v) is 5.98. The summed E-state index contributed by atoms with van der Waals surface area (Å²) >= 11 is 0. The molecule has 0 radical (unpaired) electrons. The van der Waals surface area contributed by atoms with Crippen molar-refractivity contribution < 1.29 is 23.8 Å². The van der Waals surface area contributed by atoms with Crippen LogP contribution in [0, 0.1) is 5.92 Å². The predicted octanol–water partition coefficient (Wildman–Crippen LogP) is 3.97. The molecule has 2 atom stereocenters. The van der Waals surface area contributed by atoms with Crippen LogP contribution in [0.25, 0.3) is 11.0 Å². The van der Waals surface area contributed by atoms with Gasteiger partial charge in [-0.25, -0.2) is 4.98 Å². The molecule has 8 nitrogen and oxygen atoms in total. The van der Waals surface area contributed by atoms with E-state index >= 15 is 0 Å². The third-order valence-electron chi connectivity index (χ3n) is 5.98. The van der Waals surface area contributed by atoms with E-state index in [0.717, 1.165) is 23.9 Å². The Morgan fingerprint density at radius 1 is 1.09 bits per heavy atom. The summed E-state index contributed by atoms with van der Waals surface area (Å²) in [6.07, 6.45) is 1.70. The van der Waals surface area contributed by atoms with Gasteiger partial charge in [-0.3, -0.25) is 14.5 Å². The number of aromatic nitrogens is 2. The fraction of sp³-hybridized carbons (Fsp3) is 0.400. The summed E-state index contributed by atoms with van der Waals surface area (Å²) in [6.45, 7) is 4.45. The van der Waals surface area contributed by atoms with Crippen LogP contribution < -0.4 is 14.4 Å². The lowest BCUT2D eigenvalue weighted by Crippen LogP contribution is -2.50. The number of hydrogen-bond donors (Lipinski definition) is 0. The highest BCUT2D eigenvalue weighted by Gasteiger charge is 2.48. The van der Waals surface area contributed by atoms with Crippen LogP contribution in [0.5, 0.6) is 11.5 Å². The Hall–Kier alpha value is -3.55. The van der Waals surface area contributed by atoms with E-state index in [4.69, 9.17) is 19.2 Å². The molecule has 0 saturated heterocycles. The van der Waals surface area contributed by atoms with Crippen molar-refractivity contribution in [1.82, 2.24) is 9.55 Å². The lowest BCUT2D eigenvalue weighted by Gasteiger charge is -2.38. The molecule has 0 N–H and O–H groups in total. The zero-order valence-corrected chi connectivity index (χ0v) is 19.4. The molecule has 2 heterocycles. The van der Waals surface area contributed by atoms with Crippen LogP contribution in [-0.2, 0) is 14.3 Å². The monoisotopic (exact) mass is 451 g/mol. The summed E-state index contributed by atoms with van der Waals surface area (Å²) in [5, 5.41) is 0. The largest absolute Gasteiger partial charge is 0.497 e. The van der Waals surface area contributed by atoms with Crippen molar-refractivity contribution in [2.75, 3.05) is 32.3 Å². The molecule has 0 unspecified atom stereocenters. The zero-order valence-electron chi connectivity index (χ0n) is 19.4. The molecule has 8 heteroatoms. The first-order valence-corrected chi connectivity index (χ1v) is 11.2. The van der Waals surface area contributed by atoms with Gasteiger partial charge >= 0.3 is 5.97 Å². The molecule has 33 heavy (non-hydrogen) atoms. The number of nitrogens with zero attached hydrogens (tertiary/aromatic N) is 3. The van der Waals surface area contributed by atoms with E-state index in [1.807, 2.05) is 34.9 Å². The number of hydrogen-bond acceptors (Lipinski definition) is 6. The van der Waals surface area contributed by atoms with Gasteiger partial charge in [-0.2, -0.15) is 0 Å². The van der Waals surface area contributed by atoms with Gasteiger partial charge in [-0.05, 0) is 37.6 Å². The highest BCUT2D eigenvalue weighted by Crippen LogP contribution is 2.44. The average molecular weight is 452 g/mol. The van der Waals surface area contributed by atoms with Crippen molar-refractivity contribution in [3.63, 3.8) is 0 Å². The van der Waals surface area contributed by atoms with Crippen molar-refractivity contribution in [2.45, 2.75) is 32.7 Å². The van der Waals surface area contributed by atoms with Crippen molar-refractivity contribution in [1.29, 1.82) is 0 Å². The van der Waals surface area contributed by atoms with Gasteiger partial charge < -0.3 is 18.8 Å². The number of imidazole rings is 1. The maximum Gasteiger partial charge on any atom is 0.321 e. The van der Waals surface area contributed by atoms with E-state index in [1.165, 1.54) is 0 Å². The second-order valence-corrected chi connectivity index (χ2v) is 7.90. The average Bonchev–Trinajstić information content (AvgIpc) is 3.21. The molecule has 1 aliphatic heterocycles. The number of esters is 1. The summed E-state index contributed by atoms with van der Waals surface area (Å²) in [5.74, 6) is -0.284. The number of carbonyl (C=O) groups is 2. The van der Waals surface area contributed by atoms with E-state index in [2.05, 4.69) is 6.92 Å². The van der Waals surface area contributed by atoms with Crippen LogP contribution in [0.2, 0.25) is 0 Å². The number of rotatable bonds is 8. The topological polar surface area (TPSA) is 82.9 Å². The molecule has 1 amide bonds. The quantitative estimate of drug-likeness (QED) is 0.381. The fourth-order valence-corrected chi connectivity index (χ4v) is 4.42. The first kappa shape index (κ1) is 22.6. The lowest BCUT2D eigenvalue weighted by molar-refractivity contribution is -0.153. The number of ether oxygens (including phenoxy) is 3. The Morgan fingerprint density at radius 2 is 1.88 bits per heavy atom. The van der Waals surface area contributed by atoms with Gasteiger partial charge in [0.05, 0.1) is 37.9 Å². The van der Waals surface area contributed by atoms with Gasteiger partial charge in [0.2, 0.25) is 11.9 Å². The fourth-order valence-electron chi connectivity index (χ4n) is 4.42. The van der Waals surface area contributed by atoms with Crippen molar-refractivity contribution in [2.24, 2.45) is 5.92 Å². The highest BCUT2D eigenvalue weighted by atomic mass is 16.5. The van der Waals surface area contributed by atoms with Gasteiger partial charge in [0.25, 0.3) is 0 Å². The summed E-state index contributed by atoms with van der Waals surface area (Å²) in [7, 11) is 3.13. The second kappa shape index (κ2) is 9.52. The van der Waals surface area contributed by atoms with Crippen LogP contribution in [0.15, 0.2) is 42.5 Å². The number of fused-ring (bicyclic) bond motifs is 3. The normalized spacial score (nSPS) is 17.7. The highest BCUT2D eigenvalue weighted by molar-refractivity contribution is 6.08. The first-order valence-electron chi connectivity index (χ1n) is 11.2. The van der Waals surface area contributed by atoms with Crippen molar-refractivity contribution in [3.05, 3.63) is 48.0 Å². The van der Waals surface area contributed by atoms with Gasteiger partial charge in [0.1, 0.15) is 11.5 Å². The Balaban J connectivity index is 2.01. The summed E-state index contributed by atoms with van der Waals surface area (Å²) in [5.41, 5.74) is 2.27. The van der Waals surface area contributed by atoms with Crippen molar-refractivity contribution in [3.8, 4) is 11.5 Å². The minimum absolute atomic E-state index is 0.182. The predicted molar refractivity (Wildman–Crippen MR) is 125 cm³/mol. The van der Waals surface area contributed by atoms with Crippen LogP contribution in [-0.4, -0.2) is 48.8 Å². The molecule has 0 aliphatic carbocycles. The smallest absolute Gasteiger partial charge is 0.321 e. The zero-order chi connectivity index (χ0) is 23.5. The van der Waals surface area contributed by atoms with Gasteiger partial charge in [0, 0.05) is 18.2 Å². The third kappa shape index (κ3) is 3.90. The Morgan fingerprint density at radius 3 is 2.58 bits per heavy atom. The Bertz CT molecular complexity index is 1170. The van der Waals surface area contributed by atoms with Crippen LogP contribution in [0.3, 0.4) is 0 Å². The lowest BCUT2D eigenvalue weighted by atomic mass is 9.88. The molecule has 0 saturated carbocycles. The molecule has 1 aromatic heterocycles. The number of methoxy groups -OCH3 is 2. The van der Waals surface area contributed by atoms with Gasteiger partial charge in [0.15, 0.2) is 5.92 Å². The molecular formula is C25H29N3O5. The van der Waals surface area contributed by atoms with Crippen molar-refractivity contribution >= 4 is 28.9 Å². The van der Waals surface area contributed by atoms with E-state index in [0.29, 0.717) is 29.6 Å². The SMILES string of the molecule is CCCCN1C(=O)[C@@H](C(=O)OCC)[C@H](c2ccc(OC)cc2OC)n2c1nc1ccccc12. The molecule has 0 fully saturated rings. The van der Waals surface area contributed by atoms with Crippen LogP contribution in [0.4, 0.5) is 5.95 Å². The Kier molecular flexibility index (Phi) is 6.53. The molecular weight excluding hydrogens is 422 g/mol. The van der Waals surface area contributed by atoms with E-state index in [1.54, 1.807) is 38.2 Å². The van der Waals surface area contributed by atoms with Crippen LogP contribution >= 0.6 is 0 Å². The molecule has 4 rings (SSSR count). The second-order valence-electron chi connectivity index (χ2n) is 7.90. The van der Waals surface area contributed by atoms with Gasteiger partial charge in [-0.1, -0.05) is 25.5 Å². The number of para-hydroxylation sites is 2. The summed E-state index contributed by atoms with van der Waals surface area (Å²) in [6, 6.07) is 12.4. The molecule has 0 spiro atoms.